The Morgan fingerprint density at radius 2 is 1.18 bits per heavy atom. The molecule has 9 nitrogen and oxygen atoms in total. The lowest BCUT2D eigenvalue weighted by atomic mass is 10.1. The van der Waals surface area contributed by atoms with E-state index in [-0.39, 0.29) is 36.7 Å². The van der Waals surface area contributed by atoms with E-state index in [0.29, 0.717) is 41.1 Å². The Kier molecular flexibility index (Phi) is 5.56. The average molecular weight is 510 g/mol. The van der Waals surface area contributed by atoms with Crippen molar-refractivity contribution in [3.05, 3.63) is 94.8 Å². The minimum absolute atomic E-state index is 0.201. The highest BCUT2D eigenvalue weighted by Crippen LogP contribution is 2.25. The van der Waals surface area contributed by atoms with Crippen LogP contribution in [0.15, 0.2) is 66.7 Å². The van der Waals surface area contributed by atoms with Gasteiger partial charge in [0.1, 0.15) is 18.8 Å². The summed E-state index contributed by atoms with van der Waals surface area (Å²) in [6.07, 6.45) is 0. The van der Waals surface area contributed by atoms with E-state index in [4.69, 9.17) is 4.74 Å². The molecule has 4 amide bonds. The first kappa shape index (κ1) is 23.6. The van der Waals surface area contributed by atoms with Gasteiger partial charge in [-0.25, -0.2) is 9.13 Å². The Morgan fingerprint density at radius 3 is 1.68 bits per heavy atom. The molecule has 0 saturated heterocycles. The number of amides is 4. The maximum Gasteiger partial charge on any atom is 0.261 e. The third kappa shape index (κ3) is 3.50. The molecule has 2 aliphatic heterocycles. The van der Waals surface area contributed by atoms with Crippen LogP contribution in [0.1, 0.15) is 47.3 Å². The number of fused-ring (bicyclic) bond motifs is 3. The minimum Gasteiger partial charge on any atom is -0.497 e. The number of nitrogens with zero attached hydrogens (tertiary/aromatic N) is 4. The van der Waals surface area contributed by atoms with Crippen LogP contribution in [0.3, 0.4) is 0 Å². The number of carbonyl (C=O) groups excluding carboxylic acids is 4. The summed E-state index contributed by atoms with van der Waals surface area (Å²) in [5, 5.41) is 0. The van der Waals surface area contributed by atoms with Crippen molar-refractivity contribution < 1.29 is 28.5 Å². The number of hydrogen-bond acceptors (Lipinski definition) is 5. The molecule has 0 N–H and O–H groups in total. The first-order valence-corrected chi connectivity index (χ1v) is 12.4. The maximum absolute atomic E-state index is 12.9. The second-order valence-electron chi connectivity index (χ2n) is 9.32. The first-order chi connectivity index (χ1) is 18.4. The predicted octanol–water partition coefficient (Wildman–Crippen LogP) is 2.84. The van der Waals surface area contributed by atoms with Crippen molar-refractivity contribution in [3.63, 3.8) is 0 Å². The smallest absolute Gasteiger partial charge is 0.261 e. The summed E-state index contributed by atoms with van der Waals surface area (Å²) in [6, 6.07) is 19.4. The molecule has 1 aromatic heterocycles. The Balaban J connectivity index is 1.29. The van der Waals surface area contributed by atoms with Crippen LogP contribution in [-0.4, -0.2) is 58.2 Å². The van der Waals surface area contributed by atoms with Gasteiger partial charge in [-0.1, -0.05) is 24.3 Å². The summed E-state index contributed by atoms with van der Waals surface area (Å²) in [4.78, 5) is 54.1. The highest BCUT2D eigenvalue weighted by molar-refractivity contribution is 6.22. The van der Waals surface area contributed by atoms with Crippen LogP contribution < -0.4 is 9.30 Å². The van der Waals surface area contributed by atoms with Gasteiger partial charge in [-0.05, 0) is 36.4 Å². The monoisotopic (exact) mass is 509 g/mol. The minimum atomic E-state index is -0.296. The van der Waals surface area contributed by atoms with Crippen molar-refractivity contribution in [1.82, 2.24) is 14.4 Å². The van der Waals surface area contributed by atoms with E-state index in [0.717, 1.165) is 16.9 Å². The molecule has 0 spiro atoms. The second kappa shape index (κ2) is 8.95. The van der Waals surface area contributed by atoms with Gasteiger partial charge in [0.15, 0.2) is 11.0 Å². The van der Waals surface area contributed by atoms with Crippen LogP contribution in [0.2, 0.25) is 0 Å². The Bertz CT molecular complexity index is 1600. The van der Waals surface area contributed by atoms with Crippen LogP contribution in [0.25, 0.3) is 11.0 Å². The molecule has 2 aliphatic rings. The van der Waals surface area contributed by atoms with Crippen molar-refractivity contribution in [2.24, 2.45) is 0 Å². The van der Waals surface area contributed by atoms with Gasteiger partial charge in [0.25, 0.3) is 29.5 Å². The molecule has 3 aromatic carbocycles. The molecule has 0 atom stereocenters. The molecule has 0 aliphatic carbocycles. The zero-order valence-electron chi connectivity index (χ0n) is 21.0. The molecule has 4 aromatic rings. The zero-order valence-corrected chi connectivity index (χ0v) is 21.0. The van der Waals surface area contributed by atoms with Gasteiger partial charge in [0.2, 0.25) is 0 Å². The van der Waals surface area contributed by atoms with Crippen LogP contribution in [0.4, 0.5) is 0 Å². The van der Waals surface area contributed by atoms with E-state index >= 15 is 0 Å². The number of hydrogen-bond donors (Lipinski definition) is 0. The Hall–Kier alpha value is -4.79. The summed E-state index contributed by atoms with van der Waals surface area (Å²) in [5.74, 6) is 0.359. The van der Waals surface area contributed by atoms with Crippen molar-refractivity contribution in [1.29, 1.82) is 0 Å². The molecule has 0 fully saturated rings. The summed E-state index contributed by atoms with van der Waals surface area (Å²) in [7, 11) is 1.59. The number of ether oxygens (including phenoxy) is 1. The lowest BCUT2D eigenvalue weighted by Crippen LogP contribution is -2.44. The topological polar surface area (TPSA) is 92.8 Å². The normalized spacial score (nSPS) is 14.6. The van der Waals surface area contributed by atoms with E-state index in [1.165, 1.54) is 9.80 Å². The molecule has 0 saturated carbocycles. The van der Waals surface area contributed by atoms with Crippen molar-refractivity contribution in [2.75, 3.05) is 20.2 Å². The van der Waals surface area contributed by atoms with Gasteiger partial charge in [0.05, 0.1) is 42.5 Å². The molecule has 0 unspecified atom stereocenters. The highest BCUT2D eigenvalue weighted by Gasteiger charge is 2.37. The fraction of sp³-hybridized carbons (Fsp3) is 0.207. The molecule has 38 heavy (non-hydrogen) atoms. The Morgan fingerprint density at radius 1 is 0.684 bits per heavy atom. The molecular formula is C29H25N4O5+. The van der Waals surface area contributed by atoms with E-state index in [2.05, 4.69) is 0 Å². The van der Waals surface area contributed by atoms with E-state index in [1.54, 1.807) is 55.6 Å². The molecule has 6 rings (SSSR count). The van der Waals surface area contributed by atoms with E-state index in [9.17, 15) is 19.2 Å². The summed E-state index contributed by atoms with van der Waals surface area (Å²) < 4.78 is 9.52. The average Bonchev–Trinajstić information content (AvgIpc) is 3.45. The third-order valence-corrected chi connectivity index (χ3v) is 7.40. The fourth-order valence-corrected chi connectivity index (χ4v) is 5.42. The molecule has 3 heterocycles. The van der Waals surface area contributed by atoms with Gasteiger partial charge in [-0.3, -0.25) is 29.0 Å². The lowest BCUT2D eigenvalue weighted by molar-refractivity contribution is -0.677. The van der Waals surface area contributed by atoms with Gasteiger partial charge in [0, 0.05) is 13.0 Å². The fourth-order valence-electron chi connectivity index (χ4n) is 5.42. The van der Waals surface area contributed by atoms with E-state index < -0.39 is 0 Å². The maximum atomic E-state index is 12.9. The number of benzene rings is 3. The number of carbonyl (C=O) groups is 4. The standard InChI is InChI=1S/C29H25N4O5/c1-18-30(13-15-32-26(34)20-7-3-4-8-21(20)27(32)35)24-12-11-19(38-2)17-25(24)31(18)14-16-33-28(36)22-9-5-6-10-23(22)29(33)37/h3-12,17H,13-16H2,1-2H3/q+1. The van der Waals surface area contributed by atoms with Crippen LogP contribution in [0.5, 0.6) is 5.75 Å². The highest BCUT2D eigenvalue weighted by atomic mass is 16.5. The second-order valence-corrected chi connectivity index (χ2v) is 9.32. The van der Waals surface area contributed by atoms with Gasteiger partial charge >= 0.3 is 0 Å². The molecule has 0 bridgehead atoms. The lowest BCUT2D eigenvalue weighted by Gasteiger charge is -2.13. The summed E-state index contributed by atoms with van der Waals surface area (Å²) in [6.45, 7) is 3.12. The van der Waals surface area contributed by atoms with Crippen LogP contribution >= 0.6 is 0 Å². The molecule has 0 radical (unpaired) electrons. The number of aromatic nitrogens is 2. The number of rotatable bonds is 7. The Labute approximate surface area is 218 Å². The van der Waals surface area contributed by atoms with E-state index in [1.807, 2.05) is 34.3 Å². The first-order valence-electron chi connectivity index (χ1n) is 12.4. The molecule has 190 valence electrons. The summed E-state index contributed by atoms with van der Waals surface area (Å²) in [5.41, 5.74) is 3.44. The van der Waals surface area contributed by atoms with Crippen LogP contribution in [0, 0.1) is 6.92 Å². The van der Waals surface area contributed by atoms with Gasteiger partial charge < -0.3 is 4.74 Å². The van der Waals surface area contributed by atoms with Crippen LogP contribution in [-0.2, 0) is 13.1 Å². The SMILES string of the molecule is COc1ccc2c(c1)n(CCN1C(=O)c3ccccc3C1=O)c(C)[n+]2CCN1C(=O)c2ccccc2C1=O. The predicted molar refractivity (Wildman–Crippen MR) is 137 cm³/mol. The number of methoxy groups -OCH3 is 1. The number of imidazole rings is 1. The quantitative estimate of drug-likeness (QED) is 0.282. The van der Waals surface area contributed by atoms with Crippen molar-refractivity contribution in [3.8, 4) is 5.75 Å². The number of imide groups is 2. The largest absolute Gasteiger partial charge is 0.497 e. The van der Waals surface area contributed by atoms with Gasteiger partial charge in [-0.15, -0.1) is 0 Å². The summed E-state index contributed by atoms with van der Waals surface area (Å²) >= 11 is 0. The zero-order chi connectivity index (χ0) is 26.6. The third-order valence-electron chi connectivity index (χ3n) is 7.40. The molecular weight excluding hydrogens is 484 g/mol. The molecule has 9 heteroatoms. The van der Waals surface area contributed by atoms with Crippen molar-refractivity contribution in [2.45, 2.75) is 20.0 Å². The van der Waals surface area contributed by atoms with Gasteiger partial charge in [-0.2, -0.15) is 0 Å². The van der Waals surface area contributed by atoms with Crippen molar-refractivity contribution >= 4 is 34.7 Å².